The molecule has 2 rings (SSSR count). The first-order chi connectivity index (χ1) is 9.41. The van der Waals surface area contributed by atoms with Gasteiger partial charge in [-0.05, 0) is 26.0 Å². The van der Waals surface area contributed by atoms with Crippen LogP contribution in [0.3, 0.4) is 0 Å². The van der Waals surface area contributed by atoms with Crippen LogP contribution in [0.5, 0.6) is 0 Å². The molecule has 6 heteroatoms. The monoisotopic (exact) mass is 340 g/mol. The summed E-state index contributed by atoms with van der Waals surface area (Å²) in [4.78, 5) is 17.2. The molecule has 0 radical (unpaired) electrons. The van der Waals surface area contributed by atoms with Crippen LogP contribution in [0.2, 0.25) is 0 Å². The van der Waals surface area contributed by atoms with Crippen molar-refractivity contribution in [2.24, 2.45) is 5.16 Å². The Hall–Kier alpha value is -1.40. The average molecular weight is 341 g/mol. The molecule has 1 amide bonds. The molecular formula is C14H17BrN2O3. The van der Waals surface area contributed by atoms with Crippen molar-refractivity contribution in [2.45, 2.75) is 31.9 Å². The summed E-state index contributed by atoms with van der Waals surface area (Å²) in [5, 5.41) is 15.9. The van der Waals surface area contributed by atoms with Crippen molar-refractivity contribution in [2.75, 3.05) is 6.61 Å². The second kappa shape index (κ2) is 5.93. The highest BCUT2D eigenvalue weighted by atomic mass is 79.9. The third kappa shape index (κ3) is 3.58. The number of rotatable bonds is 4. The second-order valence-corrected chi connectivity index (χ2v) is 6.29. The van der Waals surface area contributed by atoms with Crippen molar-refractivity contribution in [3.63, 3.8) is 0 Å². The molecule has 1 aliphatic rings. The number of amides is 1. The average Bonchev–Trinajstić information content (AvgIpc) is 2.88. The van der Waals surface area contributed by atoms with Crippen LogP contribution >= 0.6 is 15.9 Å². The fourth-order valence-corrected chi connectivity index (χ4v) is 2.21. The van der Waals surface area contributed by atoms with Crippen molar-refractivity contribution in [1.82, 2.24) is 5.32 Å². The highest BCUT2D eigenvalue weighted by molar-refractivity contribution is 9.10. The van der Waals surface area contributed by atoms with Gasteiger partial charge in [-0.3, -0.25) is 4.79 Å². The molecule has 20 heavy (non-hydrogen) atoms. The van der Waals surface area contributed by atoms with E-state index in [-0.39, 0.29) is 12.5 Å². The van der Waals surface area contributed by atoms with Gasteiger partial charge in [0.05, 0.1) is 17.9 Å². The number of halogens is 1. The number of carbonyl (C=O) groups excluding carboxylic acids is 1. The van der Waals surface area contributed by atoms with Crippen molar-refractivity contribution < 1.29 is 14.7 Å². The van der Waals surface area contributed by atoms with Crippen molar-refractivity contribution in [3.8, 4) is 0 Å². The number of benzene rings is 1. The molecule has 1 aliphatic heterocycles. The van der Waals surface area contributed by atoms with Crippen LogP contribution < -0.4 is 5.32 Å². The van der Waals surface area contributed by atoms with Crippen LogP contribution in [0.15, 0.2) is 33.9 Å². The van der Waals surface area contributed by atoms with E-state index >= 15 is 0 Å². The Bertz CT molecular complexity index is 543. The quantitative estimate of drug-likeness (QED) is 0.878. The minimum absolute atomic E-state index is 0.134. The molecule has 0 saturated heterocycles. The van der Waals surface area contributed by atoms with Gasteiger partial charge in [0.1, 0.15) is 0 Å². The third-order valence-corrected chi connectivity index (χ3v) is 3.47. The van der Waals surface area contributed by atoms with Gasteiger partial charge in [0, 0.05) is 16.5 Å². The van der Waals surface area contributed by atoms with Crippen LogP contribution in [-0.4, -0.2) is 35.0 Å². The summed E-state index contributed by atoms with van der Waals surface area (Å²) >= 11 is 3.40. The molecule has 0 aromatic heterocycles. The Morgan fingerprint density at radius 3 is 3.00 bits per heavy atom. The highest BCUT2D eigenvalue weighted by Crippen LogP contribution is 2.20. The first-order valence-corrected chi connectivity index (χ1v) is 7.12. The van der Waals surface area contributed by atoms with Gasteiger partial charge < -0.3 is 15.3 Å². The first kappa shape index (κ1) is 15.0. The number of carbonyl (C=O) groups is 1. The topological polar surface area (TPSA) is 70.9 Å². The molecule has 0 unspecified atom stereocenters. The Morgan fingerprint density at radius 1 is 1.60 bits per heavy atom. The summed E-state index contributed by atoms with van der Waals surface area (Å²) in [5.74, 6) is -0.266. The maximum atomic E-state index is 12.0. The van der Waals surface area contributed by atoms with E-state index in [0.29, 0.717) is 6.42 Å². The van der Waals surface area contributed by atoms with Crippen LogP contribution in [0, 0.1) is 0 Å². The predicted molar refractivity (Wildman–Crippen MR) is 79.5 cm³/mol. The number of aliphatic hydroxyl groups excluding tert-OH is 1. The van der Waals surface area contributed by atoms with Gasteiger partial charge in [-0.1, -0.05) is 33.2 Å². The zero-order valence-corrected chi connectivity index (χ0v) is 13.0. The van der Waals surface area contributed by atoms with Gasteiger partial charge in [0.15, 0.2) is 0 Å². The van der Waals surface area contributed by atoms with E-state index in [1.165, 1.54) is 0 Å². The molecule has 0 saturated carbocycles. The van der Waals surface area contributed by atoms with E-state index in [9.17, 15) is 4.79 Å². The minimum Gasteiger partial charge on any atom is -0.394 e. The van der Waals surface area contributed by atoms with E-state index < -0.39 is 11.6 Å². The van der Waals surface area contributed by atoms with Crippen LogP contribution in [-0.2, 0) is 9.63 Å². The lowest BCUT2D eigenvalue weighted by Crippen LogP contribution is -2.50. The number of hydrogen-bond donors (Lipinski definition) is 2. The van der Waals surface area contributed by atoms with Crippen LogP contribution in [0.25, 0.3) is 0 Å². The lowest BCUT2D eigenvalue weighted by molar-refractivity contribution is -0.133. The summed E-state index contributed by atoms with van der Waals surface area (Å²) in [6, 6.07) is 7.68. The van der Waals surface area contributed by atoms with E-state index in [1.807, 2.05) is 24.3 Å². The zero-order chi connectivity index (χ0) is 14.8. The fourth-order valence-electron chi connectivity index (χ4n) is 1.81. The molecule has 0 aliphatic carbocycles. The van der Waals surface area contributed by atoms with E-state index in [4.69, 9.17) is 9.94 Å². The van der Waals surface area contributed by atoms with Gasteiger partial charge in [-0.25, -0.2) is 0 Å². The highest BCUT2D eigenvalue weighted by Gasteiger charge is 2.32. The molecular weight excluding hydrogens is 324 g/mol. The molecule has 5 nitrogen and oxygen atoms in total. The van der Waals surface area contributed by atoms with Gasteiger partial charge >= 0.3 is 0 Å². The van der Waals surface area contributed by atoms with E-state index in [0.717, 1.165) is 15.7 Å². The Morgan fingerprint density at radius 2 is 2.35 bits per heavy atom. The summed E-state index contributed by atoms with van der Waals surface area (Å²) in [5.41, 5.74) is 1.00. The molecule has 0 fully saturated rings. The number of nitrogens with one attached hydrogen (secondary N) is 1. The lowest BCUT2D eigenvalue weighted by Gasteiger charge is -2.24. The van der Waals surface area contributed by atoms with Crippen LogP contribution in [0.4, 0.5) is 0 Å². The molecule has 2 N–H and O–H groups in total. The number of oxime groups is 1. The second-order valence-electron chi connectivity index (χ2n) is 5.38. The molecule has 1 aromatic carbocycles. The Balaban J connectivity index is 2.00. The van der Waals surface area contributed by atoms with Gasteiger partial charge in [-0.2, -0.15) is 0 Å². The van der Waals surface area contributed by atoms with Crippen molar-refractivity contribution in [3.05, 3.63) is 34.3 Å². The summed E-state index contributed by atoms with van der Waals surface area (Å²) < 4.78 is 0.951. The number of nitrogens with zero attached hydrogens (tertiary/aromatic N) is 1. The molecule has 108 valence electrons. The maximum Gasteiger partial charge on any atom is 0.264 e. The fraction of sp³-hybridized carbons (Fsp3) is 0.429. The largest absolute Gasteiger partial charge is 0.394 e. The Kier molecular flexibility index (Phi) is 4.45. The van der Waals surface area contributed by atoms with Gasteiger partial charge in [0.2, 0.25) is 6.10 Å². The normalized spacial score (nSPS) is 18.4. The first-order valence-electron chi connectivity index (χ1n) is 6.33. The molecule has 0 spiro atoms. The summed E-state index contributed by atoms with van der Waals surface area (Å²) in [6.07, 6.45) is -0.223. The molecule has 1 aromatic rings. The lowest BCUT2D eigenvalue weighted by atomic mass is 10.0. The zero-order valence-electron chi connectivity index (χ0n) is 11.4. The van der Waals surface area contributed by atoms with Crippen molar-refractivity contribution >= 4 is 27.5 Å². The maximum absolute atomic E-state index is 12.0. The minimum atomic E-state index is -0.668. The molecule has 1 heterocycles. The van der Waals surface area contributed by atoms with Gasteiger partial charge in [0.25, 0.3) is 5.91 Å². The third-order valence-electron chi connectivity index (χ3n) is 2.98. The summed E-state index contributed by atoms with van der Waals surface area (Å²) in [6.45, 7) is 3.36. The number of hydrogen-bond acceptors (Lipinski definition) is 4. The Labute approximate surface area is 126 Å². The van der Waals surface area contributed by atoms with E-state index in [2.05, 4.69) is 26.4 Å². The van der Waals surface area contributed by atoms with E-state index in [1.54, 1.807) is 13.8 Å². The smallest absolute Gasteiger partial charge is 0.264 e. The van der Waals surface area contributed by atoms with Crippen molar-refractivity contribution in [1.29, 1.82) is 0 Å². The summed E-state index contributed by atoms with van der Waals surface area (Å²) in [7, 11) is 0. The van der Waals surface area contributed by atoms with Gasteiger partial charge in [-0.15, -0.1) is 0 Å². The predicted octanol–water partition coefficient (Wildman–Crippen LogP) is 1.83. The standard InChI is InChI=1S/C14H17BrN2O3/c1-14(2,8-18)16-13(19)12-7-11(17-20-12)9-4-3-5-10(15)6-9/h3-6,12,18H,7-8H2,1-2H3,(H,16,19)/t12-/m1/s1. The SMILES string of the molecule is CC(C)(CO)NC(=O)[C@H]1CC(c2cccc(Br)c2)=NO1. The molecule has 0 bridgehead atoms. The van der Waals surface area contributed by atoms with Crippen LogP contribution in [0.1, 0.15) is 25.8 Å². The molecule has 1 atom stereocenters. The number of aliphatic hydroxyl groups is 1.